The standard InChI is InChI=1S/C12H25N3/c1-5-6-7-9-15(4)10-8-12(2,11-13)14-3/h14H,5-10H2,1-4H3. The summed E-state index contributed by atoms with van der Waals surface area (Å²) in [4.78, 5) is 2.31. The molecule has 0 aromatic rings. The maximum atomic E-state index is 8.98. The molecule has 0 fully saturated rings. The van der Waals surface area contributed by atoms with Gasteiger partial charge in [0, 0.05) is 6.54 Å². The molecule has 0 spiro atoms. The van der Waals surface area contributed by atoms with Crippen LogP contribution in [0.2, 0.25) is 0 Å². The van der Waals surface area contributed by atoms with E-state index in [1.807, 2.05) is 14.0 Å². The van der Waals surface area contributed by atoms with Gasteiger partial charge < -0.3 is 10.2 Å². The van der Waals surface area contributed by atoms with E-state index in [4.69, 9.17) is 5.26 Å². The van der Waals surface area contributed by atoms with E-state index >= 15 is 0 Å². The zero-order chi connectivity index (χ0) is 11.7. The monoisotopic (exact) mass is 211 g/mol. The highest BCUT2D eigenvalue weighted by Gasteiger charge is 2.20. The van der Waals surface area contributed by atoms with Crippen LogP contribution in [0, 0.1) is 11.3 Å². The molecule has 0 aliphatic rings. The van der Waals surface area contributed by atoms with Gasteiger partial charge in [0.1, 0.15) is 5.54 Å². The van der Waals surface area contributed by atoms with Crippen LogP contribution in [0.1, 0.15) is 39.5 Å². The van der Waals surface area contributed by atoms with E-state index < -0.39 is 0 Å². The van der Waals surface area contributed by atoms with Crippen molar-refractivity contribution in [1.29, 1.82) is 5.26 Å². The molecule has 0 radical (unpaired) electrons. The fourth-order valence-corrected chi connectivity index (χ4v) is 1.39. The van der Waals surface area contributed by atoms with Crippen LogP contribution < -0.4 is 5.32 Å². The average molecular weight is 211 g/mol. The minimum Gasteiger partial charge on any atom is -0.306 e. The van der Waals surface area contributed by atoms with Crippen molar-refractivity contribution in [3.05, 3.63) is 0 Å². The van der Waals surface area contributed by atoms with E-state index in [1.54, 1.807) is 0 Å². The fraction of sp³-hybridized carbons (Fsp3) is 0.917. The lowest BCUT2D eigenvalue weighted by Gasteiger charge is -2.24. The van der Waals surface area contributed by atoms with Crippen LogP contribution in [0.25, 0.3) is 0 Å². The van der Waals surface area contributed by atoms with Gasteiger partial charge in [-0.05, 0) is 40.4 Å². The molecule has 3 heteroatoms. The summed E-state index contributed by atoms with van der Waals surface area (Å²) in [6.07, 6.45) is 4.70. The summed E-state index contributed by atoms with van der Waals surface area (Å²) in [6.45, 7) is 6.29. The molecule has 0 bridgehead atoms. The minimum absolute atomic E-state index is 0.376. The Labute approximate surface area is 94.5 Å². The smallest absolute Gasteiger partial charge is 0.104 e. The first-order valence-corrected chi connectivity index (χ1v) is 5.86. The Bertz CT molecular complexity index is 198. The van der Waals surface area contributed by atoms with Gasteiger partial charge in [-0.1, -0.05) is 19.8 Å². The number of hydrogen-bond acceptors (Lipinski definition) is 3. The zero-order valence-corrected chi connectivity index (χ0v) is 10.6. The predicted octanol–water partition coefficient (Wildman–Crippen LogP) is 2.00. The molecular weight excluding hydrogens is 186 g/mol. The van der Waals surface area contributed by atoms with Crippen molar-refractivity contribution in [1.82, 2.24) is 10.2 Å². The molecule has 0 heterocycles. The molecule has 1 atom stereocenters. The molecular formula is C12H25N3. The largest absolute Gasteiger partial charge is 0.306 e. The first kappa shape index (κ1) is 14.4. The third-order valence-electron chi connectivity index (χ3n) is 2.94. The lowest BCUT2D eigenvalue weighted by Crippen LogP contribution is -2.41. The van der Waals surface area contributed by atoms with Crippen molar-refractivity contribution < 1.29 is 0 Å². The summed E-state index contributed by atoms with van der Waals surface area (Å²) < 4.78 is 0. The third-order valence-corrected chi connectivity index (χ3v) is 2.94. The summed E-state index contributed by atoms with van der Waals surface area (Å²) in [5.74, 6) is 0. The van der Waals surface area contributed by atoms with Crippen LogP contribution in [0.4, 0.5) is 0 Å². The minimum atomic E-state index is -0.376. The number of unbranched alkanes of at least 4 members (excludes halogenated alkanes) is 2. The van der Waals surface area contributed by atoms with Crippen molar-refractivity contribution in [3.8, 4) is 6.07 Å². The zero-order valence-electron chi connectivity index (χ0n) is 10.6. The maximum Gasteiger partial charge on any atom is 0.104 e. The summed E-state index contributed by atoms with van der Waals surface area (Å²) in [5.41, 5.74) is -0.376. The topological polar surface area (TPSA) is 39.1 Å². The highest BCUT2D eigenvalue weighted by Crippen LogP contribution is 2.08. The fourth-order valence-electron chi connectivity index (χ4n) is 1.39. The highest BCUT2D eigenvalue weighted by molar-refractivity contribution is 5.02. The molecule has 0 aromatic carbocycles. The molecule has 0 aliphatic heterocycles. The number of nitrogens with zero attached hydrogens (tertiary/aromatic N) is 2. The molecule has 0 aliphatic carbocycles. The number of hydrogen-bond donors (Lipinski definition) is 1. The molecule has 15 heavy (non-hydrogen) atoms. The van der Waals surface area contributed by atoms with Gasteiger partial charge in [-0.2, -0.15) is 5.26 Å². The second-order valence-electron chi connectivity index (χ2n) is 4.45. The van der Waals surface area contributed by atoms with Crippen molar-refractivity contribution in [2.24, 2.45) is 0 Å². The van der Waals surface area contributed by atoms with Gasteiger partial charge in [-0.3, -0.25) is 0 Å². The molecule has 0 aromatic heterocycles. The van der Waals surface area contributed by atoms with Gasteiger partial charge in [0.15, 0.2) is 0 Å². The van der Waals surface area contributed by atoms with E-state index in [9.17, 15) is 0 Å². The number of nitriles is 1. The Morgan fingerprint density at radius 2 is 2.00 bits per heavy atom. The van der Waals surface area contributed by atoms with Crippen LogP contribution in [0.15, 0.2) is 0 Å². The second kappa shape index (κ2) is 7.67. The SMILES string of the molecule is CCCCCN(C)CCC(C)(C#N)NC. The van der Waals surface area contributed by atoms with Crippen LogP contribution in [-0.2, 0) is 0 Å². The van der Waals surface area contributed by atoms with Gasteiger partial charge in [-0.15, -0.1) is 0 Å². The molecule has 88 valence electrons. The van der Waals surface area contributed by atoms with Crippen LogP contribution in [0.3, 0.4) is 0 Å². The van der Waals surface area contributed by atoms with E-state index in [0.717, 1.165) is 19.5 Å². The summed E-state index contributed by atoms with van der Waals surface area (Å²) in [7, 11) is 3.98. The highest BCUT2D eigenvalue weighted by atomic mass is 15.1. The van der Waals surface area contributed by atoms with Crippen molar-refractivity contribution in [3.63, 3.8) is 0 Å². The molecule has 0 rings (SSSR count). The van der Waals surface area contributed by atoms with Gasteiger partial charge in [0.2, 0.25) is 0 Å². The first-order chi connectivity index (χ1) is 7.08. The quantitative estimate of drug-likeness (QED) is 0.624. The van der Waals surface area contributed by atoms with Gasteiger partial charge in [0.05, 0.1) is 6.07 Å². The molecule has 0 saturated heterocycles. The number of rotatable bonds is 8. The second-order valence-corrected chi connectivity index (χ2v) is 4.45. The Hall–Kier alpha value is -0.590. The first-order valence-electron chi connectivity index (χ1n) is 5.86. The molecule has 1 N–H and O–H groups in total. The predicted molar refractivity (Wildman–Crippen MR) is 64.7 cm³/mol. The van der Waals surface area contributed by atoms with Crippen molar-refractivity contribution in [2.75, 3.05) is 27.2 Å². The van der Waals surface area contributed by atoms with E-state index in [2.05, 4.69) is 30.3 Å². The molecule has 3 nitrogen and oxygen atoms in total. The molecule has 0 saturated carbocycles. The van der Waals surface area contributed by atoms with Crippen LogP contribution in [0.5, 0.6) is 0 Å². The van der Waals surface area contributed by atoms with Gasteiger partial charge >= 0.3 is 0 Å². The lowest BCUT2D eigenvalue weighted by atomic mass is 10.00. The van der Waals surface area contributed by atoms with Gasteiger partial charge in [-0.25, -0.2) is 0 Å². The summed E-state index contributed by atoms with van der Waals surface area (Å²) in [5, 5.41) is 12.0. The lowest BCUT2D eigenvalue weighted by molar-refractivity contribution is 0.288. The summed E-state index contributed by atoms with van der Waals surface area (Å²) >= 11 is 0. The van der Waals surface area contributed by atoms with Crippen molar-refractivity contribution >= 4 is 0 Å². The van der Waals surface area contributed by atoms with Crippen molar-refractivity contribution in [2.45, 2.75) is 45.1 Å². The Morgan fingerprint density at radius 3 is 2.47 bits per heavy atom. The Kier molecular flexibility index (Phi) is 7.37. The molecule has 1 unspecified atom stereocenters. The Morgan fingerprint density at radius 1 is 1.33 bits per heavy atom. The summed E-state index contributed by atoms with van der Waals surface area (Å²) in [6, 6.07) is 2.31. The Balaban J connectivity index is 3.70. The molecule has 0 amide bonds. The van der Waals surface area contributed by atoms with E-state index in [1.165, 1.54) is 19.3 Å². The van der Waals surface area contributed by atoms with E-state index in [0.29, 0.717) is 0 Å². The normalized spacial score (nSPS) is 14.9. The number of nitrogens with one attached hydrogen (secondary N) is 1. The van der Waals surface area contributed by atoms with Crippen LogP contribution in [-0.4, -0.2) is 37.6 Å². The van der Waals surface area contributed by atoms with Crippen LogP contribution >= 0.6 is 0 Å². The average Bonchev–Trinajstić information content (AvgIpc) is 2.26. The maximum absolute atomic E-state index is 8.98. The van der Waals surface area contributed by atoms with E-state index in [-0.39, 0.29) is 5.54 Å². The van der Waals surface area contributed by atoms with Gasteiger partial charge in [0.25, 0.3) is 0 Å². The third kappa shape index (κ3) is 6.48.